The van der Waals surface area contributed by atoms with Crippen molar-refractivity contribution in [2.24, 2.45) is 0 Å². The second-order valence-corrected chi connectivity index (χ2v) is 5.81. The Labute approximate surface area is 141 Å². The van der Waals surface area contributed by atoms with Gasteiger partial charge in [-0.3, -0.25) is 0 Å². The summed E-state index contributed by atoms with van der Waals surface area (Å²) >= 11 is 1.37. The number of aromatic amines is 1. The van der Waals surface area contributed by atoms with Crippen molar-refractivity contribution >= 4 is 33.9 Å². The number of nitrogens with one attached hydrogen (secondary N) is 1. The third-order valence-corrected chi connectivity index (χ3v) is 4.10. The minimum atomic E-state index is -0.972. The van der Waals surface area contributed by atoms with E-state index < -0.39 is 12.1 Å². The fourth-order valence-corrected chi connectivity index (χ4v) is 2.80. The number of ether oxygens (including phenoxy) is 1. The van der Waals surface area contributed by atoms with Crippen LogP contribution in [-0.4, -0.2) is 27.1 Å². The van der Waals surface area contributed by atoms with E-state index in [4.69, 9.17) is 4.74 Å². The van der Waals surface area contributed by atoms with Gasteiger partial charge in [-0.1, -0.05) is 12.1 Å². The Morgan fingerprint density at radius 1 is 1.42 bits per heavy atom. The molecule has 6 nitrogen and oxygen atoms in total. The van der Waals surface area contributed by atoms with Crippen LogP contribution in [0.4, 0.5) is 0 Å². The lowest BCUT2D eigenvalue weighted by Gasteiger charge is -2.13. The van der Waals surface area contributed by atoms with Crippen LogP contribution < -0.4 is 0 Å². The molecule has 1 aromatic carbocycles. The van der Waals surface area contributed by atoms with Crippen molar-refractivity contribution in [3.05, 3.63) is 58.2 Å². The number of hydrogen-bond acceptors (Lipinski definition) is 6. The minimum Gasteiger partial charge on any atom is -0.507 e. The molecule has 0 fully saturated rings. The van der Waals surface area contributed by atoms with E-state index in [1.807, 2.05) is 24.3 Å². The van der Waals surface area contributed by atoms with Crippen LogP contribution in [0.3, 0.4) is 0 Å². The van der Waals surface area contributed by atoms with Crippen LogP contribution in [0.2, 0.25) is 0 Å². The van der Waals surface area contributed by atoms with Crippen molar-refractivity contribution in [3.63, 3.8) is 0 Å². The third-order valence-electron chi connectivity index (χ3n) is 3.42. The Bertz CT molecular complexity index is 918. The molecule has 120 valence electrons. The van der Waals surface area contributed by atoms with E-state index in [9.17, 15) is 15.2 Å². The molecule has 3 aromatic rings. The summed E-state index contributed by atoms with van der Waals surface area (Å²) in [6.07, 6.45) is -0.972. The number of aromatic nitrogens is 2. The zero-order valence-electron chi connectivity index (χ0n) is 12.7. The zero-order chi connectivity index (χ0) is 17.1. The molecule has 0 saturated carbocycles. The molecule has 0 aliphatic carbocycles. The number of benzene rings is 1. The summed E-state index contributed by atoms with van der Waals surface area (Å²) in [6.45, 7) is 1.50. The number of imidazole rings is 1. The number of hydrogen-bond donors (Lipinski definition) is 2. The van der Waals surface area contributed by atoms with E-state index >= 15 is 0 Å². The van der Waals surface area contributed by atoms with Crippen molar-refractivity contribution in [2.75, 3.05) is 0 Å². The van der Waals surface area contributed by atoms with Gasteiger partial charge in [0, 0.05) is 5.38 Å². The summed E-state index contributed by atoms with van der Waals surface area (Å²) in [7, 11) is 0. The lowest BCUT2D eigenvalue weighted by Crippen LogP contribution is -2.18. The van der Waals surface area contributed by atoms with E-state index in [0.717, 1.165) is 5.52 Å². The van der Waals surface area contributed by atoms with Gasteiger partial charge in [0.1, 0.15) is 11.6 Å². The molecular formula is C17H13N3O3S. The topological polar surface area (TPSA) is 99.0 Å². The molecule has 24 heavy (non-hydrogen) atoms. The summed E-state index contributed by atoms with van der Waals surface area (Å²) in [4.78, 5) is 19.2. The number of nitrogens with zero attached hydrogens (tertiary/aromatic N) is 2. The lowest BCUT2D eigenvalue weighted by molar-refractivity contribution is 0.0335. The first-order valence-corrected chi connectivity index (χ1v) is 8.06. The van der Waals surface area contributed by atoms with Crippen molar-refractivity contribution < 1.29 is 14.6 Å². The highest BCUT2D eigenvalue weighted by Crippen LogP contribution is 2.21. The third kappa shape index (κ3) is 3.00. The molecule has 2 N–H and O–H groups in total. The average Bonchev–Trinajstić information content (AvgIpc) is 3.24. The van der Waals surface area contributed by atoms with Crippen molar-refractivity contribution in [3.8, 4) is 6.07 Å². The summed E-state index contributed by atoms with van der Waals surface area (Å²) in [6, 6.07) is 10.8. The van der Waals surface area contributed by atoms with E-state index in [1.165, 1.54) is 18.3 Å². The number of rotatable bonds is 4. The van der Waals surface area contributed by atoms with Gasteiger partial charge < -0.3 is 14.8 Å². The molecule has 0 aliphatic heterocycles. The maximum atomic E-state index is 12.0. The van der Waals surface area contributed by atoms with Crippen LogP contribution in [-0.2, 0) is 4.74 Å². The van der Waals surface area contributed by atoms with Crippen LogP contribution in [0.5, 0.6) is 0 Å². The molecule has 0 saturated heterocycles. The first kappa shape index (κ1) is 15.8. The highest BCUT2D eigenvalue weighted by atomic mass is 32.1. The molecule has 0 unspecified atom stereocenters. The molecule has 0 aliphatic rings. The summed E-state index contributed by atoms with van der Waals surface area (Å²) in [5.74, 6) is -0.674. The summed E-state index contributed by atoms with van der Waals surface area (Å²) < 4.78 is 5.20. The summed E-state index contributed by atoms with van der Waals surface area (Å²) in [5.41, 5.74) is 1.77. The van der Waals surface area contributed by atoms with Crippen molar-refractivity contribution in [1.82, 2.24) is 9.97 Å². The number of esters is 1. The van der Waals surface area contributed by atoms with Gasteiger partial charge in [-0.2, -0.15) is 16.6 Å². The second-order valence-electron chi connectivity index (χ2n) is 5.03. The van der Waals surface area contributed by atoms with E-state index in [2.05, 4.69) is 9.97 Å². The van der Waals surface area contributed by atoms with Gasteiger partial charge in [0.15, 0.2) is 17.7 Å². The number of fused-ring (bicyclic) bond motifs is 1. The Morgan fingerprint density at radius 3 is 2.88 bits per heavy atom. The van der Waals surface area contributed by atoms with E-state index in [0.29, 0.717) is 11.1 Å². The largest absolute Gasteiger partial charge is 0.507 e. The molecule has 3 rings (SSSR count). The molecule has 0 spiro atoms. The van der Waals surface area contributed by atoms with Gasteiger partial charge in [-0.25, -0.2) is 9.78 Å². The predicted octanol–water partition coefficient (Wildman–Crippen LogP) is 3.66. The van der Waals surface area contributed by atoms with Crippen molar-refractivity contribution in [2.45, 2.75) is 13.0 Å². The Balaban J connectivity index is 1.89. The minimum absolute atomic E-state index is 0.0585. The maximum Gasteiger partial charge on any atom is 0.339 e. The molecule has 2 aromatic heterocycles. The molecule has 2 heterocycles. The number of allylic oxidation sites excluding steroid dienone is 1. The number of aliphatic hydroxyl groups excluding tert-OH is 1. The molecule has 0 amide bonds. The van der Waals surface area contributed by atoms with Crippen molar-refractivity contribution in [1.29, 1.82) is 5.26 Å². The van der Waals surface area contributed by atoms with Gasteiger partial charge in [0.25, 0.3) is 0 Å². The van der Waals surface area contributed by atoms with Crippen LogP contribution in [0.1, 0.15) is 23.1 Å². The molecule has 0 radical (unpaired) electrons. The fourth-order valence-electron chi connectivity index (χ4n) is 2.17. The molecule has 0 bridgehead atoms. The number of aliphatic hydroxyl groups is 1. The number of thiophene rings is 1. The number of H-pyrrole nitrogens is 1. The summed E-state index contributed by atoms with van der Waals surface area (Å²) in [5, 5.41) is 23.1. The molecule has 1 atom stereocenters. The highest BCUT2D eigenvalue weighted by molar-refractivity contribution is 7.08. The first-order valence-electron chi connectivity index (χ1n) is 7.11. The van der Waals surface area contributed by atoms with E-state index in [1.54, 1.807) is 22.9 Å². The standard InChI is InChI=1S/C17H13N3O3S/c1-10(23-17(22)11-6-7-24-9-11)15(21)12(8-18)16-19-13-4-2-3-5-14(13)20-16/h2-7,9-10,21H,1H3,(H,19,20)/b15-12-/t10-/m1/s1. The van der Waals surface area contributed by atoms with Crippen LogP contribution >= 0.6 is 11.3 Å². The van der Waals surface area contributed by atoms with Crippen LogP contribution in [0.15, 0.2) is 46.9 Å². The van der Waals surface area contributed by atoms with E-state index in [-0.39, 0.29) is 17.2 Å². The lowest BCUT2D eigenvalue weighted by atomic mass is 10.1. The maximum absolute atomic E-state index is 12.0. The Hall–Kier alpha value is -3.11. The first-order chi connectivity index (χ1) is 11.6. The quantitative estimate of drug-likeness (QED) is 0.429. The predicted molar refractivity (Wildman–Crippen MR) is 90.5 cm³/mol. The van der Waals surface area contributed by atoms with Crippen LogP contribution in [0.25, 0.3) is 16.6 Å². The van der Waals surface area contributed by atoms with Gasteiger partial charge in [0.2, 0.25) is 0 Å². The SMILES string of the molecule is C[C@@H](OC(=O)c1ccsc1)/C(O)=C(\C#N)c1nc2ccccc2[nH]1. The van der Waals surface area contributed by atoms with Gasteiger partial charge >= 0.3 is 5.97 Å². The van der Waals surface area contributed by atoms with Gasteiger partial charge in [0.05, 0.1) is 16.6 Å². The zero-order valence-corrected chi connectivity index (χ0v) is 13.5. The smallest absolute Gasteiger partial charge is 0.339 e. The monoisotopic (exact) mass is 339 g/mol. The number of nitriles is 1. The highest BCUT2D eigenvalue weighted by Gasteiger charge is 2.21. The Kier molecular flexibility index (Phi) is 4.31. The molecule has 7 heteroatoms. The molecular weight excluding hydrogens is 326 g/mol. The van der Waals surface area contributed by atoms with Gasteiger partial charge in [-0.05, 0) is 30.5 Å². The average molecular weight is 339 g/mol. The Morgan fingerprint density at radius 2 is 2.21 bits per heavy atom. The van der Waals surface area contributed by atoms with Gasteiger partial charge in [-0.15, -0.1) is 0 Å². The number of carbonyl (C=O) groups is 1. The normalized spacial score (nSPS) is 13.2. The fraction of sp³-hybridized carbons (Fsp3) is 0.118. The number of para-hydroxylation sites is 2. The van der Waals surface area contributed by atoms with Crippen LogP contribution in [0, 0.1) is 11.3 Å². The number of carbonyl (C=O) groups excluding carboxylic acids is 1. The second kappa shape index (κ2) is 6.56.